The molecule has 0 saturated heterocycles. The first kappa shape index (κ1) is 14.0. The van der Waals surface area contributed by atoms with E-state index in [2.05, 4.69) is 26.5 Å². The Labute approximate surface area is 134 Å². The number of benzene rings is 1. The van der Waals surface area contributed by atoms with Crippen LogP contribution in [0.25, 0.3) is 10.9 Å². The van der Waals surface area contributed by atoms with Crippen LogP contribution in [0.15, 0.2) is 51.5 Å². The van der Waals surface area contributed by atoms with Gasteiger partial charge in [0, 0.05) is 38.9 Å². The summed E-state index contributed by atoms with van der Waals surface area (Å²) in [5.41, 5.74) is 4.22. The predicted molar refractivity (Wildman–Crippen MR) is 90.0 cm³/mol. The molecular weight excluding hydrogens is 350 g/mol. The average molecular weight is 362 g/mol. The molecule has 0 saturated carbocycles. The molecule has 1 amide bonds. The number of aryl methyl sites for hydroxylation is 1. The minimum Gasteiger partial charge on any atom is -0.350 e. The second-order valence-corrected chi connectivity index (χ2v) is 6.40. The minimum absolute atomic E-state index is 0.210. The zero-order valence-electron chi connectivity index (χ0n) is 11.2. The number of fused-ring (bicyclic) bond motifs is 1. The molecule has 0 aliphatic heterocycles. The first-order valence-corrected chi connectivity index (χ1v) is 7.94. The molecule has 4 nitrogen and oxygen atoms in total. The van der Waals surface area contributed by atoms with Crippen LogP contribution in [-0.2, 0) is 7.05 Å². The van der Waals surface area contributed by atoms with Crippen LogP contribution in [0.3, 0.4) is 0 Å². The monoisotopic (exact) mass is 361 g/mol. The van der Waals surface area contributed by atoms with E-state index in [-0.39, 0.29) is 5.91 Å². The van der Waals surface area contributed by atoms with Gasteiger partial charge in [0.25, 0.3) is 5.91 Å². The van der Waals surface area contributed by atoms with Crippen LogP contribution < -0.4 is 5.43 Å². The van der Waals surface area contributed by atoms with Crippen molar-refractivity contribution in [3.05, 3.63) is 56.8 Å². The highest BCUT2D eigenvalue weighted by molar-refractivity contribution is 9.10. The molecule has 1 N–H and O–H groups in total. The number of nitrogens with one attached hydrogen (secondary N) is 1. The number of hydrogen-bond acceptors (Lipinski definition) is 3. The molecule has 6 heteroatoms. The number of hydrazone groups is 1. The van der Waals surface area contributed by atoms with E-state index in [1.165, 1.54) is 0 Å². The molecule has 0 bridgehead atoms. The summed E-state index contributed by atoms with van der Waals surface area (Å²) in [6.45, 7) is 0. The maximum atomic E-state index is 12.2. The fraction of sp³-hybridized carbons (Fsp3) is 0.0667. The number of halogens is 1. The van der Waals surface area contributed by atoms with Gasteiger partial charge >= 0.3 is 0 Å². The number of nitrogens with zero attached hydrogens (tertiary/aromatic N) is 2. The lowest BCUT2D eigenvalue weighted by atomic mass is 10.2. The number of carbonyl (C=O) groups is 1. The Morgan fingerprint density at radius 3 is 3.00 bits per heavy atom. The molecular formula is C15H12BrN3OS. The van der Waals surface area contributed by atoms with Gasteiger partial charge in [0.2, 0.25) is 0 Å². The molecule has 1 aromatic carbocycles. The highest BCUT2D eigenvalue weighted by Gasteiger charge is 2.12. The van der Waals surface area contributed by atoms with Gasteiger partial charge in [0.1, 0.15) is 0 Å². The molecule has 0 unspecified atom stereocenters. The standard InChI is InChI=1S/C15H12BrN3OS/c1-19-8-13(12-4-2-3-5-14(12)19)15(20)18-17-7-11-6-10(16)9-21-11/h2-9H,1H3,(H,18,20)/b17-7+. The van der Waals surface area contributed by atoms with Crippen LogP contribution in [0.2, 0.25) is 0 Å². The summed E-state index contributed by atoms with van der Waals surface area (Å²) >= 11 is 4.93. The topological polar surface area (TPSA) is 46.4 Å². The van der Waals surface area contributed by atoms with Crippen molar-refractivity contribution in [3.63, 3.8) is 0 Å². The Kier molecular flexibility index (Phi) is 3.90. The Morgan fingerprint density at radius 1 is 1.43 bits per heavy atom. The van der Waals surface area contributed by atoms with Crippen LogP contribution in [-0.4, -0.2) is 16.7 Å². The van der Waals surface area contributed by atoms with Crippen molar-refractivity contribution in [3.8, 4) is 0 Å². The van der Waals surface area contributed by atoms with E-state index in [0.717, 1.165) is 20.3 Å². The van der Waals surface area contributed by atoms with Gasteiger partial charge in [-0.3, -0.25) is 4.79 Å². The third kappa shape index (κ3) is 2.91. The molecule has 21 heavy (non-hydrogen) atoms. The Hall–Kier alpha value is -1.92. The second-order valence-electron chi connectivity index (χ2n) is 4.54. The lowest BCUT2D eigenvalue weighted by Crippen LogP contribution is -2.17. The van der Waals surface area contributed by atoms with Crippen LogP contribution >= 0.6 is 27.3 Å². The van der Waals surface area contributed by atoms with Crippen molar-refractivity contribution in [2.75, 3.05) is 0 Å². The van der Waals surface area contributed by atoms with Gasteiger partial charge in [-0.05, 0) is 28.1 Å². The summed E-state index contributed by atoms with van der Waals surface area (Å²) in [5.74, 6) is -0.210. The summed E-state index contributed by atoms with van der Waals surface area (Å²) in [4.78, 5) is 13.2. The lowest BCUT2D eigenvalue weighted by Gasteiger charge is -1.97. The summed E-state index contributed by atoms with van der Waals surface area (Å²) in [6, 6.07) is 9.74. The number of amides is 1. The molecule has 0 fully saturated rings. The van der Waals surface area contributed by atoms with E-state index < -0.39 is 0 Å². The highest BCUT2D eigenvalue weighted by atomic mass is 79.9. The van der Waals surface area contributed by atoms with Gasteiger partial charge in [0.05, 0.1) is 11.8 Å². The third-order valence-corrected chi connectivity index (χ3v) is 4.72. The van der Waals surface area contributed by atoms with Crippen molar-refractivity contribution in [1.82, 2.24) is 9.99 Å². The Morgan fingerprint density at radius 2 is 2.24 bits per heavy atom. The number of aromatic nitrogens is 1. The van der Waals surface area contributed by atoms with Crippen molar-refractivity contribution in [2.24, 2.45) is 12.1 Å². The van der Waals surface area contributed by atoms with Crippen molar-refractivity contribution >= 4 is 50.3 Å². The highest BCUT2D eigenvalue weighted by Crippen LogP contribution is 2.20. The van der Waals surface area contributed by atoms with Gasteiger partial charge < -0.3 is 4.57 Å². The molecule has 0 spiro atoms. The number of thiophene rings is 1. The Bertz CT molecular complexity index is 834. The molecule has 0 atom stereocenters. The van der Waals surface area contributed by atoms with Crippen LogP contribution in [0, 0.1) is 0 Å². The normalized spacial score (nSPS) is 11.3. The van der Waals surface area contributed by atoms with E-state index in [9.17, 15) is 4.79 Å². The van der Waals surface area contributed by atoms with Gasteiger partial charge in [-0.25, -0.2) is 5.43 Å². The van der Waals surface area contributed by atoms with E-state index in [1.54, 1.807) is 17.6 Å². The zero-order chi connectivity index (χ0) is 14.8. The predicted octanol–water partition coefficient (Wildman–Crippen LogP) is 3.77. The second kappa shape index (κ2) is 5.83. The van der Waals surface area contributed by atoms with E-state index >= 15 is 0 Å². The smallest absolute Gasteiger partial charge is 0.273 e. The third-order valence-electron chi connectivity index (χ3n) is 3.09. The van der Waals surface area contributed by atoms with Crippen molar-refractivity contribution in [2.45, 2.75) is 0 Å². The lowest BCUT2D eigenvalue weighted by molar-refractivity contribution is 0.0956. The molecule has 0 aliphatic rings. The fourth-order valence-electron chi connectivity index (χ4n) is 2.13. The van der Waals surface area contributed by atoms with Crippen LogP contribution in [0.1, 0.15) is 15.2 Å². The number of carbonyl (C=O) groups excluding carboxylic acids is 1. The SMILES string of the molecule is Cn1cc(C(=O)N/N=C/c2cc(Br)cs2)c2ccccc21. The molecule has 0 radical (unpaired) electrons. The summed E-state index contributed by atoms with van der Waals surface area (Å²) < 4.78 is 2.94. The van der Waals surface area contributed by atoms with Gasteiger partial charge in [-0.15, -0.1) is 11.3 Å². The molecule has 106 valence electrons. The largest absolute Gasteiger partial charge is 0.350 e. The first-order valence-electron chi connectivity index (χ1n) is 6.26. The van der Waals surface area contributed by atoms with E-state index in [1.807, 2.05) is 53.5 Å². The van der Waals surface area contributed by atoms with Crippen LogP contribution in [0.5, 0.6) is 0 Å². The Balaban J connectivity index is 1.80. The molecule has 2 heterocycles. The number of para-hydroxylation sites is 1. The van der Waals surface area contributed by atoms with Crippen molar-refractivity contribution in [1.29, 1.82) is 0 Å². The van der Waals surface area contributed by atoms with Gasteiger partial charge in [-0.2, -0.15) is 5.10 Å². The quantitative estimate of drug-likeness (QED) is 0.560. The summed E-state index contributed by atoms with van der Waals surface area (Å²) in [7, 11) is 1.92. The number of rotatable bonds is 3. The molecule has 3 rings (SSSR count). The maximum absolute atomic E-state index is 12.2. The summed E-state index contributed by atoms with van der Waals surface area (Å²) in [5, 5.41) is 6.89. The summed E-state index contributed by atoms with van der Waals surface area (Å²) in [6.07, 6.45) is 3.45. The first-order chi connectivity index (χ1) is 10.1. The molecule has 0 aliphatic carbocycles. The molecule has 2 aromatic heterocycles. The average Bonchev–Trinajstić information content (AvgIpc) is 3.04. The molecule has 3 aromatic rings. The van der Waals surface area contributed by atoms with Crippen LogP contribution in [0.4, 0.5) is 0 Å². The van der Waals surface area contributed by atoms with E-state index in [0.29, 0.717) is 5.56 Å². The zero-order valence-corrected chi connectivity index (χ0v) is 13.6. The van der Waals surface area contributed by atoms with Crippen molar-refractivity contribution < 1.29 is 4.79 Å². The van der Waals surface area contributed by atoms with E-state index in [4.69, 9.17) is 0 Å². The van der Waals surface area contributed by atoms with Gasteiger partial charge in [0.15, 0.2) is 0 Å². The maximum Gasteiger partial charge on any atom is 0.273 e. The fourth-order valence-corrected chi connectivity index (χ4v) is 3.44. The number of hydrogen-bond donors (Lipinski definition) is 1. The minimum atomic E-state index is -0.210. The van der Waals surface area contributed by atoms with Gasteiger partial charge in [-0.1, -0.05) is 18.2 Å².